The van der Waals surface area contributed by atoms with E-state index in [0.717, 1.165) is 30.6 Å². The van der Waals surface area contributed by atoms with E-state index in [2.05, 4.69) is 11.4 Å². The zero-order chi connectivity index (χ0) is 13.1. The molecule has 1 aliphatic carbocycles. The van der Waals surface area contributed by atoms with Gasteiger partial charge in [0, 0.05) is 17.9 Å². The van der Waals surface area contributed by atoms with E-state index < -0.39 is 0 Å². The van der Waals surface area contributed by atoms with Crippen LogP contribution in [0.5, 0.6) is 5.75 Å². The number of carbonyl (C=O) groups is 1. The number of ether oxygens (including phenoxy) is 1. The number of rotatable bonds is 2. The van der Waals surface area contributed by atoms with Gasteiger partial charge >= 0.3 is 0 Å². The van der Waals surface area contributed by atoms with Crippen LogP contribution in [0.3, 0.4) is 0 Å². The van der Waals surface area contributed by atoms with E-state index in [9.17, 15) is 4.79 Å². The average molecular weight is 259 g/mol. The van der Waals surface area contributed by atoms with E-state index in [1.54, 1.807) is 0 Å². The van der Waals surface area contributed by atoms with Crippen LogP contribution in [0.2, 0.25) is 0 Å². The Balaban J connectivity index is 1.68. The molecule has 0 spiro atoms. The summed E-state index contributed by atoms with van der Waals surface area (Å²) in [4.78, 5) is 12.3. The van der Waals surface area contributed by atoms with Gasteiger partial charge in [-0.05, 0) is 18.9 Å². The Bertz CT molecular complexity index is 452. The topological polar surface area (TPSA) is 38.3 Å². The normalized spacial score (nSPS) is 23.3. The standard InChI is InChI=1S/C16H21NO2/c18-16(12-6-2-1-3-7-12)17-14-10-11-19-15-9-5-4-8-13(14)15/h4-5,8-9,12,14H,1-3,6-7,10-11H2,(H,17,18)/t14-/m1/s1. The molecule has 0 unspecified atom stereocenters. The highest BCUT2D eigenvalue weighted by Gasteiger charge is 2.27. The van der Waals surface area contributed by atoms with Gasteiger partial charge in [-0.2, -0.15) is 0 Å². The Morgan fingerprint density at radius 3 is 2.74 bits per heavy atom. The van der Waals surface area contributed by atoms with E-state index in [1.165, 1.54) is 19.3 Å². The summed E-state index contributed by atoms with van der Waals surface area (Å²) in [7, 11) is 0. The molecule has 102 valence electrons. The second kappa shape index (κ2) is 5.64. The van der Waals surface area contributed by atoms with Crippen LogP contribution >= 0.6 is 0 Å². The van der Waals surface area contributed by atoms with Gasteiger partial charge < -0.3 is 10.1 Å². The third-order valence-electron chi connectivity index (χ3n) is 4.25. The summed E-state index contributed by atoms with van der Waals surface area (Å²) in [5, 5.41) is 3.23. The van der Waals surface area contributed by atoms with Gasteiger partial charge in [-0.15, -0.1) is 0 Å². The molecule has 3 rings (SSSR count). The number of fused-ring (bicyclic) bond motifs is 1. The molecular weight excluding hydrogens is 238 g/mol. The molecular formula is C16H21NO2. The molecule has 0 aromatic heterocycles. The predicted molar refractivity (Wildman–Crippen MR) is 74.0 cm³/mol. The first-order valence-corrected chi connectivity index (χ1v) is 7.37. The Morgan fingerprint density at radius 1 is 1.11 bits per heavy atom. The average Bonchev–Trinajstić information content (AvgIpc) is 2.48. The minimum atomic E-state index is 0.124. The van der Waals surface area contributed by atoms with Crippen molar-refractivity contribution in [3.63, 3.8) is 0 Å². The summed E-state index contributed by atoms with van der Waals surface area (Å²) in [6.45, 7) is 0.687. The summed E-state index contributed by atoms with van der Waals surface area (Å²) in [6.07, 6.45) is 6.65. The predicted octanol–water partition coefficient (Wildman–Crippen LogP) is 3.21. The first-order chi connectivity index (χ1) is 9.34. The first kappa shape index (κ1) is 12.5. The number of benzene rings is 1. The number of amides is 1. The van der Waals surface area contributed by atoms with Crippen LogP contribution in [0.25, 0.3) is 0 Å². The number of nitrogens with one attached hydrogen (secondary N) is 1. The second-order valence-electron chi connectivity index (χ2n) is 5.57. The Kier molecular flexibility index (Phi) is 3.72. The Hall–Kier alpha value is -1.51. The third-order valence-corrected chi connectivity index (χ3v) is 4.25. The molecule has 3 heteroatoms. The minimum absolute atomic E-state index is 0.124. The summed E-state index contributed by atoms with van der Waals surface area (Å²) in [5.74, 6) is 1.38. The highest BCUT2D eigenvalue weighted by Crippen LogP contribution is 2.32. The number of hydrogen-bond donors (Lipinski definition) is 1. The molecule has 1 saturated carbocycles. The van der Waals surface area contributed by atoms with Crippen molar-refractivity contribution in [1.82, 2.24) is 5.32 Å². The van der Waals surface area contributed by atoms with E-state index in [-0.39, 0.29) is 17.9 Å². The quantitative estimate of drug-likeness (QED) is 0.885. The van der Waals surface area contributed by atoms with Crippen LogP contribution in [0.4, 0.5) is 0 Å². The SMILES string of the molecule is O=C(N[C@@H]1CCOc2ccccc21)C1CCCCC1. The molecule has 1 N–H and O–H groups in total. The fourth-order valence-electron chi connectivity index (χ4n) is 3.15. The van der Waals surface area contributed by atoms with E-state index >= 15 is 0 Å². The van der Waals surface area contributed by atoms with E-state index in [4.69, 9.17) is 4.74 Å². The van der Waals surface area contributed by atoms with Crippen molar-refractivity contribution >= 4 is 5.91 Å². The maximum Gasteiger partial charge on any atom is 0.223 e. The lowest BCUT2D eigenvalue weighted by molar-refractivity contribution is -0.126. The maximum atomic E-state index is 12.3. The molecule has 1 fully saturated rings. The van der Waals surface area contributed by atoms with Gasteiger partial charge in [0.15, 0.2) is 0 Å². The molecule has 0 saturated heterocycles. The van der Waals surface area contributed by atoms with Gasteiger partial charge in [-0.25, -0.2) is 0 Å². The number of hydrogen-bond acceptors (Lipinski definition) is 2. The maximum absolute atomic E-state index is 12.3. The van der Waals surface area contributed by atoms with Crippen LogP contribution < -0.4 is 10.1 Å². The van der Waals surface area contributed by atoms with Crippen molar-refractivity contribution in [3.8, 4) is 5.75 Å². The molecule has 1 amide bonds. The van der Waals surface area contributed by atoms with Crippen molar-refractivity contribution in [1.29, 1.82) is 0 Å². The van der Waals surface area contributed by atoms with Gasteiger partial charge in [0.2, 0.25) is 5.91 Å². The highest BCUT2D eigenvalue weighted by molar-refractivity contribution is 5.79. The van der Waals surface area contributed by atoms with Crippen LogP contribution in [0, 0.1) is 5.92 Å². The highest BCUT2D eigenvalue weighted by atomic mass is 16.5. The molecule has 0 radical (unpaired) electrons. The molecule has 1 aromatic carbocycles. The largest absolute Gasteiger partial charge is 0.493 e. The van der Waals surface area contributed by atoms with Gasteiger partial charge in [0.05, 0.1) is 12.6 Å². The summed E-state index contributed by atoms with van der Waals surface area (Å²) >= 11 is 0. The molecule has 1 atom stereocenters. The van der Waals surface area contributed by atoms with Gasteiger partial charge in [0.25, 0.3) is 0 Å². The van der Waals surface area contributed by atoms with Crippen LogP contribution in [-0.4, -0.2) is 12.5 Å². The van der Waals surface area contributed by atoms with Crippen LogP contribution in [0.1, 0.15) is 50.1 Å². The van der Waals surface area contributed by atoms with Crippen molar-refractivity contribution < 1.29 is 9.53 Å². The zero-order valence-electron chi connectivity index (χ0n) is 11.2. The molecule has 0 bridgehead atoms. The van der Waals surface area contributed by atoms with Gasteiger partial charge in [-0.3, -0.25) is 4.79 Å². The smallest absolute Gasteiger partial charge is 0.223 e. The lowest BCUT2D eigenvalue weighted by Gasteiger charge is -2.29. The summed E-state index contributed by atoms with van der Waals surface area (Å²) in [6, 6.07) is 8.14. The summed E-state index contributed by atoms with van der Waals surface area (Å²) in [5.41, 5.74) is 1.12. The van der Waals surface area contributed by atoms with Crippen molar-refractivity contribution in [2.24, 2.45) is 5.92 Å². The molecule has 3 nitrogen and oxygen atoms in total. The van der Waals surface area contributed by atoms with E-state index in [1.807, 2.05) is 18.2 Å². The minimum Gasteiger partial charge on any atom is -0.493 e. The lowest BCUT2D eigenvalue weighted by Crippen LogP contribution is -2.37. The number of carbonyl (C=O) groups excluding carboxylic acids is 1. The fourth-order valence-corrected chi connectivity index (χ4v) is 3.15. The van der Waals surface area contributed by atoms with Gasteiger partial charge in [0.1, 0.15) is 5.75 Å². The first-order valence-electron chi connectivity index (χ1n) is 7.37. The van der Waals surface area contributed by atoms with Crippen LogP contribution in [-0.2, 0) is 4.79 Å². The molecule has 1 heterocycles. The lowest BCUT2D eigenvalue weighted by atomic mass is 9.88. The van der Waals surface area contributed by atoms with E-state index in [0.29, 0.717) is 6.61 Å². The van der Waals surface area contributed by atoms with Crippen LogP contribution in [0.15, 0.2) is 24.3 Å². The second-order valence-corrected chi connectivity index (χ2v) is 5.57. The number of para-hydroxylation sites is 1. The Morgan fingerprint density at radius 2 is 1.89 bits per heavy atom. The monoisotopic (exact) mass is 259 g/mol. The zero-order valence-corrected chi connectivity index (χ0v) is 11.2. The molecule has 19 heavy (non-hydrogen) atoms. The fraction of sp³-hybridized carbons (Fsp3) is 0.562. The molecule has 2 aliphatic rings. The summed E-state index contributed by atoms with van der Waals surface area (Å²) < 4.78 is 5.63. The third kappa shape index (κ3) is 2.75. The molecule has 1 aliphatic heterocycles. The Labute approximate surface area is 114 Å². The van der Waals surface area contributed by atoms with Crippen molar-refractivity contribution in [2.45, 2.75) is 44.6 Å². The van der Waals surface area contributed by atoms with Crippen molar-refractivity contribution in [2.75, 3.05) is 6.61 Å². The van der Waals surface area contributed by atoms with Crippen molar-refractivity contribution in [3.05, 3.63) is 29.8 Å². The molecule has 1 aromatic rings. The van der Waals surface area contributed by atoms with Gasteiger partial charge in [-0.1, -0.05) is 37.5 Å².